The van der Waals surface area contributed by atoms with E-state index in [2.05, 4.69) is 33.1 Å². The molecule has 1 saturated heterocycles. The molecule has 5 heteroatoms. The van der Waals surface area contributed by atoms with Gasteiger partial charge < -0.3 is 10.2 Å². The minimum absolute atomic E-state index is 0.00676. The summed E-state index contributed by atoms with van der Waals surface area (Å²) < 4.78 is 14.4. The number of carbonyl (C=O) groups is 1. The highest BCUT2D eigenvalue weighted by atomic mass is 79.9. The number of nitrogens with one attached hydrogen (secondary N) is 1. The molecule has 1 aromatic rings. The van der Waals surface area contributed by atoms with Gasteiger partial charge in [0, 0.05) is 24.0 Å². The van der Waals surface area contributed by atoms with Crippen molar-refractivity contribution >= 4 is 21.8 Å². The Bertz CT molecular complexity index is 501. The Morgan fingerprint density at radius 3 is 2.82 bits per heavy atom. The Hall–Kier alpha value is -0.940. The summed E-state index contributed by atoms with van der Waals surface area (Å²) in [6.45, 7) is 6.13. The Morgan fingerprint density at radius 1 is 1.41 bits per heavy atom. The number of hydrogen-bond donors (Lipinski definition) is 1. The van der Waals surface area contributed by atoms with Gasteiger partial charge in [-0.1, -0.05) is 28.9 Å². The first kappa shape index (κ1) is 17.4. The van der Waals surface area contributed by atoms with Crippen molar-refractivity contribution in [2.45, 2.75) is 32.6 Å². The van der Waals surface area contributed by atoms with Crippen LogP contribution in [-0.4, -0.2) is 37.0 Å². The van der Waals surface area contributed by atoms with Crippen molar-refractivity contribution in [2.24, 2.45) is 5.92 Å². The van der Waals surface area contributed by atoms with Gasteiger partial charge in [0.1, 0.15) is 5.82 Å². The van der Waals surface area contributed by atoms with Crippen LogP contribution >= 0.6 is 15.9 Å². The van der Waals surface area contributed by atoms with Crippen molar-refractivity contribution in [3.8, 4) is 0 Å². The zero-order valence-electron chi connectivity index (χ0n) is 13.1. The second-order valence-electron chi connectivity index (χ2n) is 6.11. The molecule has 0 spiro atoms. The number of benzene rings is 1. The van der Waals surface area contributed by atoms with Gasteiger partial charge in [-0.25, -0.2) is 4.39 Å². The predicted molar refractivity (Wildman–Crippen MR) is 90.3 cm³/mol. The number of aryl methyl sites for hydroxylation is 1. The van der Waals surface area contributed by atoms with Gasteiger partial charge in [-0.05, 0) is 56.0 Å². The summed E-state index contributed by atoms with van der Waals surface area (Å²) in [7, 11) is 0. The molecule has 1 aliphatic rings. The number of nitrogens with zero attached hydrogens (tertiary/aromatic N) is 1. The summed E-state index contributed by atoms with van der Waals surface area (Å²) in [5.41, 5.74) is 0.586. The fraction of sp³-hybridized carbons (Fsp3) is 0.588. The third-order valence-electron chi connectivity index (χ3n) is 4.26. The molecule has 1 heterocycles. The minimum atomic E-state index is -0.260. The summed E-state index contributed by atoms with van der Waals surface area (Å²) >= 11 is 3.23. The number of rotatable bonds is 6. The second kappa shape index (κ2) is 8.63. The molecular formula is C17H24BrFN2O. The number of halogens is 2. The van der Waals surface area contributed by atoms with Gasteiger partial charge in [-0.15, -0.1) is 0 Å². The third kappa shape index (κ3) is 5.69. The van der Waals surface area contributed by atoms with E-state index in [0.717, 1.165) is 25.6 Å². The Kier molecular flexibility index (Phi) is 6.83. The summed E-state index contributed by atoms with van der Waals surface area (Å²) in [6, 6.07) is 4.96. The molecule has 0 radical (unpaired) electrons. The van der Waals surface area contributed by atoms with Crippen LogP contribution in [-0.2, 0) is 11.2 Å². The number of amides is 1. The van der Waals surface area contributed by atoms with Crippen molar-refractivity contribution in [1.29, 1.82) is 0 Å². The zero-order valence-corrected chi connectivity index (χ0v) is 14.7. The maximum Gasteiger partial charge on any atom is 0.220 e. The Morgan fingerprint density at radius 2 is 2.14 bits per heavy atom. The Labute approximate surface area is 140 Å². The lowest BCUT2D eigenvalue weighted by Gasteiger charge is -2.30. The van der Waals surface area contributed by atoms with E-state index >= 15 is 0 Å². The largest absolute Gasteiger partial charge is 0.355 e. The number of hydrogen-bond acceptors (Lipinski definition) is 2. The van der Waals surface area contributed by atoms with Gasteiger partial charge in [-0.2, -0.15) is 0 Å². The van der Waals surface area contributed by atoms with Crippen LogP contribution in [0.3, 0.4) is 0 Å². The fourth-order valence-electron chi connectivity index (χ4n) is 2.70. The quantitative estimate of drug-likeness (QED) is 0.832. The van der Waals surface area contributed by atoms with Crippen molar-refractivity contribution in [3.05, 3.63) is 34.1 Å². The molecule has 2 rings (SSSR count). The van der Waals surface area contributed by atoms with Crippen LogP contribution in [0.2, 0.25) is 0 Å². The first-order valence-electron chi connectivity index (χ1n) is 7.97. The first-order valence-corrected chi connectivity index (χ1v) is 8.77. The summed E-state index contributed by atoms with van der Waals surface area (Å²) in [6.07, 6.45) is 3.26. The summed E-state index contributed by atoms with van der Waals surface area (Å²) in [5, 5.41) is 2.93. The van der Waals surface area contributed by atoms with Gasteiger partial charge in [0.15, 0.2) is 0 Å². The summed E-state index contributed by atoms with van der Waals surface area (Å²) in [4.78, 5) is 14.2. The van der Waals surface area contributed by atoms with Gasteiger partial charge >= 0.3 is 0 Å². The van der Waals surface area contributed by atoms with E-state index in [1.165, 1.54) is 18.9 Å². The van der Waals surface area contributed by atoms with E-state index in [1.54, 1.807) is 12.1 Å². The number of carbonyl (C=O) groups excluding carboxylic acids is 1. The van der Waals surface area contributed by atoms with Crippen molar-refractivity contribution in [3.63, 3.8) is 0 Å². The fourth-order valence-corrected chi connectivity index (χ4v) is 3.03. The van der Waals surface area contributed by atoms with Crippen molar-refractivity contribution < 1.29 is 9.18 Å². The van der Waals surface area contributed by atoms with E-state index < -0.39 is 0 Å². The molecule has 1 N–H and O–H groups in total. The molecular weight excluding hydrogens is 347 g/mol. The maximum absolute atomic E-state index is 13.7. The molecule has 0 aliphatic carbocycles. The molecule has 0 saturated carbocycles. The van der Waals surface area contributed by atoms with E-state index in [-0.39, 0.29) is 11.7 Å². The predicted octanol–water partition coefficient (Wildman–Crippen LogP) is 3.37. The van der Waals surface area contributed by atoms with Gasteiger partial charge in [0.2, 0.25) is 5.91 Å². The minimum Gasteiger partial charge on any atom is -0.355 e. The molecule has 122 valence electrons. The van der Waals surface area contributed by atoms with Crippen LogP contribution in [0.4, 0.5) is 4.39 Å². The second-order valence-corrected chi connectivity index (χ2v) is 7.03. The average Bonchev–Trinajstić information content (AvgIpc) is 2.48. The molecule has 1 fully saturated rings. The molecule has 0 aromatic heterocycles. The standard InChI is InChI=1S/C17H24BrFN2O/c1-13-6-9-21(10-7-13)11-8-20-17(22)5-3-14-2-4-15(18)12-16(14)19/h2,4,12-13H,3,5-11H2,1H3,(H,20,22). The number of likely N-dealkylation sites (tertiary alicyclic amines) is 1. The lowest BCUT2D eigenvalue weighted by atomic mass is 9.99. The number of piperidine rings is 1. The van der Waals surface area contributed by atoms with Crippen LogP contribution in [0, 0.1) is 11.7 Å². The Balaban J connectivity index is 1.63. The zero-order chi connectivity index (χ0) is 15.9. The van der Waals surface area contributed by atoms with Crippen LogP contribution in [0.1, 0.15) is 31.7 Å². The van der Waals surface area contributed by atoms with Crippen LogP contribution < -0.4 is 5.32 Å². The smallest absolute Gasteiger partial charge is 0.220 e. The third-order valence-corrected chi connectivity index (χ3v) is 4.76. The van der Waals surface area contributed by atoms with Gasteiger partial charge in [-0.3, -0.25) is 4.79 Å². The lowest BCUT2D eigenvalue weighted by molar-refractivity contribution is -0.121. The monoisotopic (exact) mass is 370 g/mol. The highest BCUT2D eigenvalue weighted by Crippen LogP contribution is 2.17. The van der Waals surface area contributed by atoms with Gasteiger partial charge in [0.05, 0.1) is 0 Å². The van der Waals surface area contributed by atoms with E-state index in [9.17, 15) is 9.18 Å². The molecule has 0 atom stereocenters. The molecule has 0 bridgehead atoms. The topological polar surface area (TPSA) is 32.3 Å². The van der Waals surface area contributed by atoms with Crippen molar-refractivity contribution in [1.82, 2.24) is 10.2 Å². The highest BCUT2D eigenvalue weighted by Gasteiger charge is 2.15. The highest BCUT2D eigenvalue weighted by molar-refractivity contribution is 9.10. The maximum atomic E-state index is 13.7. The van der Waals surface area contributed by atoms with Crippen molar-refractivity contribution in [2.75, 3.05) is 26.2 Å². The molecule has 0 unspecified atom stereocenters. The SMILES string of the molecule is CC1CCN(CCNC(=O)CCc2ccc(Br)cc2F)CC1. The van der Waals surface area contributed by atoms with E-state index in [0.29, 0.717) is 29.4 Å². The normalized spacial score (nSPS) is 16.7. The van der Waals surface area contributed by atoms with E-state index in [1.807, 2.05) is 0 Å². The van der Waals surface area contributed by atoms with Gasteiger partial charge in [0.25, 0.3) is 0 Å². The van der Waals surface area contributed by atoms with Crippen LogP contribution in [0.15, 0.2) is 22.7 Å². The molecule has 22 heavy (non-hydrogen) atoms. The van der Waals surface area contributed by atoms with E-state index in [4.69, 9.17) is 0 Å². The molecule has 3 nitrogen and oxygen atoms in total. The average molecular weight is 371 g/mol. The van der Waals surface area contributed by atoms with Crippen LogP contribution in [0.5, 0.6) is 0 Å². The lowest BCUT2D eigenvalue weighted by Crippen LogP contribution is -2.39. The summed E-state index contributed by atoms with van der Waals surface area (Å²) in [5.74, 6) is 0.559. The molecule has 1 amide bonds. The first-order chi connectivity index (χ1) is 10.5. The molecule has 1 aromatic carbocycles. The van der Waals surface area contributed by atoms with Crippen LogP contribution in [0.25, 0.3) is 0 Å². The molecule has 1 aliphatic heterocycles.